The lowest BCUT2D eigenvalue weighted by Crippen LogP contribution is -1.99. The number of benzene rings is 1. The minimum absolute atomic E-state index is 0.347. The Morgan fingerprint density at radius 1 is 1.21 bits per heavy atom. The first-order chi connectivity index (χ1) is 9.31. The number of hydrogen-bond acceptors (Lipinski definition) is 4. The molecule has 0 spiro atoms. The predicted molar refractivity (Wildman–Crippen MR) is 74.0 cm³/mol. The van der Waals surface area contributed by atoms with Gasteiger partial charge in [0.15, 0.2) is 5.65 Å². The summed E-state index contributed by atoms with van der Waals surface area (Å²) in [6.07, 6.45) is 6.77. The maximum atomic E-state index is 5.95. The van der Waals surface area contributed by atoms with Crippen molar-refractivity contribution in [2.24, 2.45) is 0 Å². The molecule has 1 aromatic carbocycles. The Hall–Kier alpha value is -2.87. The fourth-order valence-corrected chi connectivity index (χ4v) is 2.03. The molecule has 0 atom stereocenters. The van der Waals surface area contributed by atoms with Crippen LogP contribution in [-0.2, 0) is 6.54 Å². The van der Waals surface area contributed by atoms with E-state index in [1.807, 2.05) is 30.3 Å². The molecule has 2 N–H and O–H groups in total. The molecule has 0 unspecified atom stereocenters. The van der Waals surface area contributed by atoms with Crippen LogP contribution in [0.25, 0.3) is 22.3 Å². The van der Waals surface area contributed by atoms with Crippen molar-refractivity contribution in [1.29, 1.82) is 0 Å². The number of nitrogens with zero attached hydrogens (tertiary/aromatic N) is 4. The summed E-state index contributed by atoms with van der Waals surface area (Å²) in [7, 11) is 0. The summed E-state index contributed by atoms with van der Waals surface area (Å²) in [6.45, 7) is 0.347. The van der Waals surface area contributed by atoms with Gasteiger partial charge in [0.1, 0.15) is 24.4 Å². The quantitative estimate of drug-likeness (QED) is 0.702. The average Bonchev–Trinajstić information content (AvgIpc) is 2.81. The SMILES string of the molecule is C#CCn1nc(-c2ccccc2)c2c(N)ncnc21. The largest absolute Gasteiger partial charge is 0.383 e. The van der Waals surface area contributed by atoms with Crippen molar-refractivity contribution in [3.63, 3.8) is 0 Å². The number of anilines is 1. The van der Waals surface area contributed by atoms with E-state index < -0.39 is 0 Å². The highest BCUT2D eigenvalue weighted by Crippen LogP contribution is 2.29. The number of nitrogens with two attached hydrogens (primary N) is 1. The van der Waals surface area contributed by atoms with Crippen LogP contribution in [0, 0.1) is 12.3 Å². The maximum absolute atomic E-state index is 5.95. The first-order valence-corrected chi connectivity index (χ1v) is 5.77. The van der Waals surface area contributed by atoms with Crippen molar-refractivity contribution >= 4 is 16.9 Å². The average molecular weight is 249 g/mol. The van der Waals surface area contributed by atoms with E-state index in [0.717, 1.165) is 16.6 Å². The second kappa shape index (κ2) is 4.42. The predicted octanol–water partition coefficient (Wildman–Crippen LogP) is 1.71. The van der Waals surface area contributed by atoms with E-state index >= 15 is 0 Å². The van der Waals surface area contributed by atoms with E-state index in [9.17, 15) is 0 Å². The number of aromatic nitrogens is 4. The molecule has 0 amide bonds. The molecule has 0 saturated carbocycles. The van der Waals surface area contributed by atoms with E-state index in [1.165, 1.54) is 6.33 Å². The Bertz CT molecular complexity index is 768. The zero-order valence-electron chi connectivity index (χ0n) is 10.1. The molecule has 0 bridgehead atoms. The van der Waals surface area contributed by atoms with Crippen LogP contribution < -0.4 is 5.73 Å². The van der Waals surface area contributed by atoms with Crippen LogP contribution in [-0.4, -0.2) is 19.7 Å². The highest BCUT2D eigenvalue weighted by atomic mass is 15.3. The Balaban J connectivity index is 2.34. The lowest BCUT2D eigenvalue weighted by molar-refractivity contribution is 0.736. The molecule has 0 radical (unpaired) electrons. The second-order valence-electron chi connectivity index (χ2n) is 4.03. The maximum Gasteiger partial charge on any atom is 0.164 e. The molecule has 0 saturated heterocycles. The van der Waals surface area contributed by atoms with Crippen LogP contribution in [0.4, 0.5) is 5.82 Å². The van der Waals surface area contributed by atoms with Gasteiger partial charge in [-0.05, 0) is 0 Å². The van der Waals surface area contributed by atoms with Crippen molar-refractivity contribution in [2.75, 3.05) is 5.73 Å². The van der Waals surface area contributed by atoms with Crippen molar-refractivity contribution in [1.82, 2.24) is 19.7 Å². The molecule has 3 aromatic rings. The molecular formula is C14H11N5. The highest BCUT2D eigenvalue weighted by molar-refractivity contribution is 5.98. The van der Waals surface area contributed by atoms with Gasteiger partial charge in [-0.2, -0.15) is 5.10 Å². The summed E-state index contributed by atoms with van der Waals surface area (Å²) in [4.78, 5) is 8.25. The standard InChI is InChI=1S/C14H11N5/c1-2-8-19-14-11(13(15)16-9-17-14)12(18-19)10-6-4-3-5-7-10/h1,3-7,9H,8H2,(H2,15,16,17). The van der Waals surface area contributed by atoms with Gasteiger partial charge in [0, 0.05) is 5.56 Å². The Labute approximate surface area is 110 Å². The smallest absolute Gasteiger partial charge is 0.164 e. The van der Waals surface area contributed by atoms with E-state index in [2.05, 4.69) is 21.0 Å². The number of rotatable bonds is 2. The van der Waals surface area contributed by atoms with Gasteiger partial charge in [0.2, 0.25) is 0 Å². The van der Waals surface area contributed by atoms with Crippen molar-refractivity contribution in [3.05, 3.63) is 36.7 Å². The van der Waals surface area contributed by atoms with E-state index in [4.69, 9.17) is 12.2 Å². The molecule has 0 fully saturated rings. The highest BCUT2D eigenvalue weighted by Gasteiger charge is 2.15. The Kier molecular flexibility index (Phi) is 2.62. The number of fused-ring (bicyclic) bond motifs is 1. The van der Waals surface area contributed by atoms with Crippen LogP contribution in [0.5, 0.6) is 0 Å². The Morgan fingerprint density at radius 3 is 2.74 bits per heavy atom. The topological polar surface area (TPSA) is 69.6 Å². The monoisotopic (exact) mass is 249 g/mol. The first kappa shape index (κ1) is 11.2. The first-order valence-electron chi connectivity index (χ1n) is 5.77. The number of nitrogen functional groups attached to an aromatic ring is 1. The van der Waals surface area contributed by atoms with Gasteiger partial charge in [-0.1, -0.05) is 36.3 Å². The fourth-order valence-electron chi connectivity index (χ4n) is 2.03. The van der Waals surface area contributed by atoms with Gasteiger partial charge in [-0.3, -0.25) is 0 Å². The number of terminal acetylenes is 1. The van der Waals surface area contributed by atoms with Gasteiger partial charge < -0.3 is 5.73 Å². The van der Waals surface area contributed by atoms with Crippen molar-refractivity contribution in [2.45, 2.75) is 6.54 Å². The van der Waals surface area contributed by atoms with Crippen LogP contribution in [0.15, 0.2) is 36.7 Å². The van der Waals surface area contributed by atoms with E-state index in [0.29, 0.717) is 18.0 Å². The molecule has 3 rings (SSSR count). The molecule has 5 nitrogen and oxygen atoms in total. The van der Waals surface area contributed by atoms with Gasteiger partial charge in [-0.15, -0.1) is 6.42 Å². The summed E-state index contributed by atoms with van der Waals surface area (Å²) < 4.78 is 1.66. The summed E-state index contributed by atoms with van der Waals surface area (Å²) >= 11 is 0. The number of hydrogen-bond donors (Lipinski definition) is 1. The van der Waals surface area contributed by atoms with E-state index in [-0.39, 0.29) is 0 Å². The van der Waals surface area contributed by atoms with Crippen molar-refractivity contribution < 1.29 is 0 Å². The summed E-state index contributed by atoms with van der Waals surface area (Å²) in [5, 5.41) is 5.24. The minimum atomic E-state index is 0.347. The molecule has 0 aliphatic rings. The van der Waals surface area contributed by atoms with E-state index in [1.54, 1.807) is 4.68 Å². The van der Waals surface area contributed by atoms with Crippen LogP contribution in [0.2, 0.25) is 0 Å². The van der Waals surface area contributed by atoms with Gasteiger partial charge >= 0.3 is 0 Å². The molecule has 0 aliphatic carbocycles. The Morgan fingerprint density at radius 2 is 2.00 bits per heavy atom. The molecular weight excluding hydrogens is 238 g/mol. The summed E-state index contributed by atoms with van der Waals surface area (Å²) in [6, 6.07) is 9.77. The van der Waals surface area contributed by atoms with Gasteiger partial charge in [-0.25, -0.2) is 14.6 Å². The van der Waals surface area contributed by atoms with Crippen LogP contribution in [0.1, 0.15) is 0 Å². The van der Waals surface area contributed by atoms with Crippen LogP contribution in [0.3, 0.4) is 0 Å². The third-order valence-electron chi connectivity index (χ3n) is 2.85. The lowest BCUT2D eigenvalue weighted by atomic mass is 10.1. The summed E-state index contributed by atoms with van der Waals surface area (Å²) in [5.41, 5.74) is 8.32. The third kappa shape index (κ3) is 1.79. The summed E-state index contributed by atoms with van der Waals surface area (Å²) in [5.74, 6) is 2.97. The zero-order chi connectivity index (χ0) is 13.2. The minimum Gasteiger partial charge on any atom is -0.383 e. The van der Waals surface area contributed by atoms with Crippen LogP contribution >= 0.6 is 0 Å². The second-order valence-corrected chi connectivity index (χ2v) is 4.03. The molecule has 2 heterocycles. The molecule has 0 aliphatic heterocycles. The fraction of sp³-hybridized carbons (Fsp3) is 0.0714. The molecule has 19 heavy (non-hydrogen) atoms. The lowest BCUT2D eigenvalue weighted by Gasteiger charge is -1.98. The van der Waals surface area contributed by atoms with Gasteiger partial charge in [0.05, 0.1) is 5.39 Å². The normalized spacial score (nSPS) is 10.5. The molecule has 5 heteroatoms. The third-order valence-corrected chi connectivity index (χ3v) is 2.85. The van der Waals surface area contributed by atoms with Gasteiger partial charge in [0.25, 0.3) is 0 Å². The zero-order valence-corrected chi connectivity index (χ0v) is 10.1. The molecule has 2 aromatic heterocycles. The van der Waals surface area contributed by atoms with Crippen molar-refractivity contribution in [3.8, 4) is 23.6 Å². The molecule has 92 valence electrons.